The maximum Gasteiger partial charge on any atom is 0.132 e. The SMILES string of the molecule is COC(C)(C)CCOc1ccccc1S. The van der Waals surface area contributed by atoms with Gasteiger partial charge in [0.1, 0.15) is 5.75 Å². The molecule has 0 spiro atoms. The Kier molecular flexibility index (Phi) is 4.48. The molecule has 0 unspecified atom stereocenters. The average molecular weight is 226 g/mol. The van der Waals surface area contributed by atoms with Gasteiger partial charge in [-0.1, -0.05) is 12.1 Å². The molecule has 0 bridgehead atoms. The van der Waals surface area contributed by atoms with Crippen LogP contribution in [-0.2, 0) is 4.74 Å². The summed E-state index contributed by atoms with van der Waals surface area (Å²) in [6.45, 7) is 4.73. The van der Waals surface area contributed by atoms with E-state index in [1.54, 1.807) is 7.11 Å². The summed E-state index contributed by atoms with van der Waals surface area (Å²) in [6.07, 6.45) is 0.853. The van der Waals surface area contributed by atoms with Crippen molar-refractivity contribution in [2.75, 3.05) is 13.7 Å². The summed E-state index contributed by atoms with van der Waals surface area (Å²) >= 11 is 4.31. The molecule has 0 aliphatic heterocycles. The molecular weight excluding hydrogens is 208 g/mol. The van der Waals surface area contributed by atoms with E-state index >= 15 is 0 Å². The summed E-state index contributed by atoms with van der Waals surface area (Å²) in [5.41, 5.74) is -0.133. The standard InChI is InChI=1S/C12H18O2S/c1-12(2,13-3)8-9-14-10-6-4-5-7-11(10)15/h4-7,15H,8-9H2,1-3H3. The molecule has 1 aromatic rings. The minimum atomic E-state index is -0.133. The van der Waals surface area contributed by atoms with E-state index in [4.69, 9.17) is 9.47 Å². The van der Waals surface area contributed by atoms with Crippen molar-refractivity contribution in [3.63, 3.8) is 0 Å². The number of thiol groups is 1. The third-order valence-electron chi connectivity index (χ3n) is 2.38. The first kappa shape index (κ1) is 12.4. The van der Waals surface area contributed by atoms with Gasteiger partial charge in [0, 0.05) is 18.4 Å². The molecule has 0 N–H and O–H groups in total. The number of methoxy groups -OCH3 is 1. The molecule has 2 nitrogen and oxygen atoms in total. The highest BCUT2D eigenvalue weighted by Gasteiger charge is 2.16. The minimum absolute atomic E-state index is 0.133. The van der Waals surface area contributed by atoms with Crippen molar-refractivity contribution in [1.29, 1.82) is 0 Å². The Balaban J connectivity index is 2.42. The molecule has 0 aromatic heterocycles. The number of para-hydroxylation sites is 1. The van der Waals surface area contributed by atoms with Crippen LogP contribution in [-0.4, -0.2) is 19.3 Å². The highest BCUT2D eigenvalue weighted by Crippen LogP contribution is 2.22. The molecule has 0 radical (unpaired) electrons. The predicted octanol–water partition coefficient (Wildman–Crippen LogP) is 3.17. The first-order valence-electron chi connectivity index (χ1n) is 5.01. The third kappa shape index (κ3) is 4.14. The lowest BCUT2D eigenvalue weighted by atomic mass is 10.1. The van der Waals surface area contributed by atoms with Crippen molar-refractivity contribution in [2.45, 2.75) is 30.8 Å². The Hall–Kier alpha value is -0.670. The zero-order valence-corrected chi connectivity index (χ0v) is 10.4. The third-order valence-corrected chi connectivity index (χ3v) is 2.75. The summed E-state index contributed by atoms with van der Waals surface area (Å²) in [5.74, 6) is 0.827. The molecule has 0 aliphatic rings. The molecule has 0 fully saturated rings. The van der Waals surface area contributed by atoms with Crippen molar-refractivity contribution in [3.8, 4) is 5.75 Å². The van der Waals surface area contributed by atoms with Gasteiger partial charge in [-0.2, -0.15) is 0 Å². The van der Waals surface area contributed by atoms with Crippen molar-refractivity contribution < 1.29 is 9.47 Å². The van der Waals surface area contributed by atoms with Crippen LogP contribution in [0.1, 0.15) is 20.3 Å². The van der Waals surface area contributed by atoms with Gasteiger partial charge in [0.15, 0.2) is 0 Å². The first-order chi connectivity index (χ1) is 7.05. The Morgan fingerprint density at radius 2 is 1.93 bits per heavy atom. The normalized spacial score (nSPS) is 11.5. The maximum atomic E-state index is 5.62. The number of ether oxygens (including phenoxy) is 2. The summed E-state index contributed by atoms with van der Waals surface area (Å²) in [6, 6.07) is 7.72. The number of rotatable bonds is 5. The summed E-state index contributed by atoms with van der Waals surface area (Å²) in [4.78, 5) is 0.868. The second-order valence-electron chi connectivity index (χ2n) is 4.03. The zero-order chi connectivity index (χ0) is 11.3. The van der Waals surface area contributed by atoms with E-state index in [9.17, 15) is 0 Å². The second kappa shape index (κ2) is 5.42. The smallest absolute Gasteiger partial charge is 0.132 e. The van der Waals surface area contributed by atoms with Crippen LogP contribution in [0.5, 0.6) is 5.75 Å². The lowest BCUT2D eigenvalue weighted by Gasteiger charge is -2.22. The van der Waals surface area contributed by atoms with Crippen molar-refractivity contribution in [3.05, 3.63) is 24.3 Å². The minimum Gasteiger partial charge on any atom is -0.492 e. The van der Waals surface area contributed by atoms with Crippen LogP contribution in [0.3, 0.4) is 0 Å². The van der Waals surface area contributed by atoms with E-state index in [0.717, 1.165) is 17.1 Å². The van der Waals surface area contributed by atoms with Gasteiger partial charge in [0.25, 0.3) is 0 Å². The van der Waals surface area contributed by atoms with Crippen LogP contribution < -0.4 is 4.74 Å². The molecule has 0 aliphatic carbocycles. The molecule has 0 saturated carbocycles. The van der Waals surface area contributed by atoms with Gasteiger partial charge in [-0.3, -0.25) is 0 Å². The van der Waals surface area contributed by atoms with Crippen molar-refractivity contribution in [2.24, 2.45) is 0 Å². The Morgan fingerprint density at radius 3 is 2.53 bits per heavy atom. The lowest BCUT2D eigenvalue weighted by Crippen LogP contribution is -2.25. The van der Waals surface area contributed by atoms with E-state index in [1.165, 1.54) is 0 Å². The molecule has 0 amide bonds. The van der Waals surface area contributed by atoms with E-state index in [1.807, 2.05) is 38.1 Å². The molecule has 84 valence electrons. The average Bonchev–Trinajstić information content (AvgIpc) is 2.21. The van der Waals surface area contributed by atoms with Crippen LogP contribution in [0, 0.1) is 0 Å². The van der Waals surface area contributed by atoms with Crippen LogP contribution in [0.2, 0.25) is 0 Å². The van der Waals surface area contributed by atoms with Crippen LogP contribution >= 0.6 is 12.6 Å². The fourth-order valence-electron chi connectivity index (χ4n) is 1.09. The van der Waals surface area contributed by atoms with Gasteiger partial charge in [-0.25, -0.2) is 0 Å². The molecule has 0 heterocycles. The summed E-state index contributed by atoms with van der Waals surface area (Å²) < 4.78 is 10.9. The van der Waals surface area contributed by atoms with E-state index in [2.05, 4.69) is 12.6 Å². The highest BCUT2D eigenvalue weighted by molar-refractivity contribution is 7.80. The fraction of sp³-hybridized carbons (Fsp3) is 0.500. The second-order valence-corrected chi connectivity index (χ2v) is 4.51. The van der Waals surface area contributed by atoms with E-state index in [-0.39, 0.29) is 5.60 Å². The summed E-state index contributed by atoms with van der Waals surface area (Å²) in [7, 11) is 1.71. The van der Waals surface area contributed by atoms with Gasteiger partial charge >= 0.3 is 0 Å². The molecule has 1 aromatic carbocycles. The van der Waals surface area contributed by atoms with Gasteiger partial charge in [0.2, 0.25) is 0 Å². The van der Waals surface area contributed by atoms with Crippen molar-refractivity contribution in [1.82, 2.24) is 0 Å². The summed E-state index contributed by atoms with van der Waals surface area (Å²) in [5, 5.41) is 0. The number of benzene rings is 1. The molecule has 0 saturated heterocycles. The monoisotopic (exact) mass is 226 g/mol. The topological polar surface area (TPSA) is 18.5 Å². The van der Waals surface area contributed by atoms with Crippen LogP contribution in [0.25, 0.3) is 0 Å². The predicted molar refractivity (Wildman–Crippen MR) is 64.9 cm³/mol. The first-order valence-corrected chi connectivity index (χ1v) is 5.46. The zero-order valence-electron chi connectivity index (χ0n) is 9.49. The molecule has 0 atom stereocenters. The molecule has 1 rings (SSSR count). The Labute approximate surface area is 97.0 Å². The molecule has 3 heteroatoms. The fourth-order valence-corrected chi connectivity index (χ4v) is 1.31. The van der Waals surface area contributed by atoms with Gasteiger partial charge in [0.05, 0.1) is 12.2 Å². The molecule has 15 heavy (non-hydrogen) atoms. The van der Waals surface area contributed by atoms with E-state index < -0.39 is 0 Å². The lowest BCUT2D eigenvalue weighted by molar-refractivity contribution is 0.00524. The van der Waals surface area contributed by atoms with Gasteiger partial charge in [-0.15, -0.1) is 12.6 Å². The van der Waals surface area contributed by atoms with Crippen LogP contribution in [0.15, 0.2) is 29.2 Å². The van der Waals surface area contributed by atoms with Crippen LogP contribution in [0.4, 0.5) is 0 Å². The van der Waals surface area contributed by atoms with Gasteiger partial charge in [-0.05, 0) is 26.0 Å². The van der Waals surface area contributed by atoms with Crippen molar-refractivity contribution >= 4 is 12.6 Å². The quantitative estimate of drug-likeness (QED) is 0.777. The largest absolute Gasteiger partial charge is 0.492 e. The number of hydrogen-bond donors (Lipinski definition) is 1. The maximum absolute atomic E-state index is 5.62. The van der Waals surface area contributed by atoms with Gasteiger partial charge < -0.3 is 9.47 Å². The Morgan fingerprint density at radius 1 is 1.27 bits per heavy atom. The van der Waals surface area contributed by atoms with E-state index in [0.29, 0.717) is 6.61 Å². The number of hydrogen-bond acceptors (Lipinski definition) is 3. The Bertz CT molecular complexity index is 310. The highest BCUT2D eigenvalue weighted by atomic mass is 32.1. The molecular formula is C12H18O2S.